The quantitative estimate of drug-likeness (QED) is 0.884. The third-order valence-corrected chi connectivity index (χ3v) is 4.07. The minimum absolute atomic E-state index is 0.209. The van der Waals surface area contributed by atoms with Gasteiger partial charge in [-0.3, -0.25) is 9.59 Å². The van der Waals surface area contributed by atoms with Crippen LogP contribution in [0.5, 0.6) is 0 Å². The number of carbonyl (C=O) groups is 2. The number of carboxylic acid groups (broad SMARTS) is 1. The van der Waals surface area contributed by atoms with Crippen molar-refractivity contribution in [2.45, 2.75) is 25.1 Å². The molecule has 0 spiro atoms. The third kappa shape index (κ3) is 3.65. The van der Waals surface area contributed by atoms with Gasteiger partial charge in [0, 0.05) is 17.8 Å². The molecule has 1 aromatic carbocycles. The first-order chi connectivity index (χ1) is 11.7. The zero-order chi connectivity index (χ0) is 18.2. The maximum atomic E-state index is 12.6. The lowest BCUT2D eigenvalue weighted by molar-refractivity contribution is -0.145. The second-order valence-corrected chi connectivity index (χ2v) is 5.87. The van der Waals surface area contributed by atoms with Crippen LogP contribution in [0.3, 0.4) is 0 Å². The number of hydrogen-bond acceptors (Lipinski definition) is 3. The van der Waals surface area contributed by atoms with Crippen molar-refractivity contribution in [2.24, 2.45) is 5.92 Å². The molecular formula is C16H14F3N3O3. The van der Waals surface area contributed by atoms with Gasteiger partial charge in [-0.15, -0.1) is 0 Å². The second-order valence-electron chi connectivity index (χ2n) is 5.87. The SMILES string of the molecule is O=C(NC1CC(C(=O)O)C1)c1cccc(-n2ccc(C(F)(F)F)n2)c1. The Kier molecular flexibility index (Phi) is 4.23. The Hall–Kier alpha value is -2.84. The van der Waals surface area contributed by atoms with Crippen LogP contribution in [0.1, 0.15) is 28.9 Å². The molecule has 1 saturated carbocycles. The molecule has 1 aromatic heterocycles. The molecule has 1 heterocycles. The van der Waals surface area contributed by atoms with Gasteiger partial charge in [-0.05, 0) is 37.1 Å². The van der Waals surface area contributed by atoms with Crippen molar-refractivity contribution in [2.75, 3.05) is 0 Å². The Labute approximate surface area is 140 Å². The number of nitrogens with one attached hydrogen (secondary N) is 1. The van der Waals surface area contributed by atoms with E-state index in [0.29, 0.717) is 18.5 Å². The fraction of sp³-hybridized carbons (Fsp3) is 0.312. The average molecular weight is 353 g/mol. The van der Waals surface area contributed by atoms with Gasteiger partial charge in [0.2, 0.25) is 0 Å². The Morgan fingerprint density at radius 2 is 1.96 bits per heavy atom. The minimum Gasteiger partial charge on any atom is -0.481 e. The maximum absolute atomic E-state index is 12.6. The fourth-order valence-corrected chi connectivity index (χ4v) is 2.61. The molecule has 0 radical (unpaired) electrons. The van der Waals surface area contributed by atoms with Crippen molar-refractivity contribution in [3.63, 3.8) is 0 Å². The molecular weight excluding hydrogens is 339 g/mol. The molecule has 0 bridgehead atoms. The lowest BCUT2D eigenvalue weighted by atomic mass is 9.80. The Morgan fingerprint density at radius 3 is 2.56 bits per heavy atom. The minimum atomic E-state index is -4.54. The maximum Gasteiger partial charge on any atom is 0.435 e. The van der Waals surface area contributed by atoms with Crippen LogP contribution in [0.25, 0.3) is 5.69 Å². The molecule has 9 heteroatoms. The van der Waals surface area contributed by atoms with E-state index >= 15 is 0 Å². The molecule has 6 nitrogen and oxygen atoms in total. The number of aliphatic carboxylic acids is 1. The number of hydrogen-bond donors (Lipinski definition) is 2. The monoisotopic (exact) mass is 353 g/mol. The number of benzene rings is 1. The summed E-state index contributed by atoms with van der Waals surface area (Å²) in [6.45, 7) is 0. The molecule has 1 aliphatic carbocycles. The van der Waals surface area contributed by atoms with Crippen molar-refractivity contribution >= 4 is 11.9 Å². The highest BCUT2D eigenvalue weighted by molar-refractivity contribution is 5.95. The summed E-state index contributed by atoms with van der Waals surface area (Å²) in [5.74, 6) is -1.73. The highest BCUT2D eigenvalue weighted by Crippen LogP contribution is 2.29. The third-order valence-electron chi connectivity index (χ3n) is 4.07. The Morgan fingerprint density at radius 1 is 1.24 bits per heavy atom. The van der Waals surface area contributed by atoms with Gasteiger partial charge in [-0.25, -0.2) is 4.68 Å². The van der Waals surface area contributed by atoms with E-state index in [1.165, 1.54) is 24.4 Å². The predicted molar refractivity (Wildman–Crippen MR) is 80.2 cm³/mol. The lowest BCUT2D eigenvalue weighted by Crippen LogP contribution is -2.46. The van der Waals surface area contributed by atoms with E-state index in [1.54, 1.807) is 6.07 Å². The molecule has 132 valence electrons. The number of carboxylic acids is 1. The average Bonchev–Trinajstić information content (AvgIpc) is 3.00. The van der Waals surface area contributed by atoms with Crippen LogP contribution in [-0.4, -0.2) is 32.8 Å². The van der Waals surface area contributed by atoms with E-state index in [-0.39, 0.29) is 11.6 Å². The van der Waals surface area contributed by atoms with Crippen LogP contribution < -0.4 is 5.32 Å². The second kappa shape index (κ2) is 6.23. The number of amides is 1. The first-order valence-electron chi connectivity index (χ1n) is 7.51. The highest BCUT2D eigenvalue weighted by atomic mass is 19.4. The van der Waals surface area contributed by atoms with Gasteiger partial charge in [0.05, 0.1) is 11.6 Å². The normalized spacial score (nSPS) is 20.0. The van der Waals surface area contributed by atoms with E-state index < -0.39 is 29.7 Å². The molecule has 3 rings (SSSR count). The van der Waals surface area contributed by atoms with E-state index in [9.17, 15) is 22.8 Å². The summed E-state index contributed by atoms with van der Waals surface area (Å²) in [5.41, 5.74) is -0.433. The molecule has 25 heavy (non-hydrogen) atoms. The summed E-state index contributed by atoms with van der Waals surface area (Å²) in [5, 5.41) is 15.0. The first-order valence-corrected chi connectivity index (χ1v) is 7.51. The van der Waals surface area contributed by atoms with Gasteiger partial charge in [0.1, 0.15) is 0 Å². The summed E-state index contributed by atoms with van der Waals surface area (Å²) < 4.78 is 38.9. The fourth-order valence-electron chi connectivity index (χ4n) is 2.61. The van der Waals surface area contributed by atoms with Gasteiger partial charge in [-0.1, -0.05) is 6.07 Å². The largest absolute Gasteiger partial charge is 0.481 e. The summed E-state index contributed by atoms with van der Waals surface area (Å²) in [4.78, 5) is 23.0. The molecule has 0 unspecified atom stereocenters. The number of aromatic nitrogens is 2. The van der Waals surface area contributed by atoms with Crippen molar-refractivity contribution in [3.8, 4) is 5.69 Å². The number of rotatable bonds is 4. The number of alkyl halides is 3. The summed E-state index contributed by atoms with van der Waals surface area (Å²) in [6.07, 6.45) is -2.63. The smallest absolute Gasteiger partial charge is 0.435 e. The van der Waals surface area contributed by atoms with Crippen LogP contribution >= 0.6 is 0 Å². The van der Waals surface area contributed by atoms with Gasteiger partial charge >= 0.3 is 12.1 Å². The van der Waals surface area contributed by atoms with E-state index in [1.807, 2.05) is 0 Å². The summed E-state index contributed by atoms with van der Waals surface area (Å²) >= 11 is 0. The topological polar surface area (TPSA) is 84.2 Å². The number of halogens is 3. The predicted octanol–water partition coefficient (Wildman–Crippen LogP) is 2.48. The van der Waals surface area contributed by atoms with Crippen molar-refractivity contribution in [3.05, 3.63) is 47.8 Å². The lowest BCUT2D eigenvalue weighted by Gasteiger charge is -2.32. The molecule has 1 amide bonds. The molecule has 0 atom stereocenters. The van der Waals surface area contributed by atoms with Crippen molar-refractivity contribution < 1.29 is 27.9 Å². The Balaban J connectivity index is 1.70. The number of carbonyl (C=O) groups excluding carboxylic acids is 1. The highest BCUT2D eigenvalue weighted by Gasteiger charge is 2.35. The summed E-state index contributed by atoms with van der Waals surface area (Å²) in [6, 6.07) is 6.68. The molecule has 0 saturated heterocycles. The zero-order valence-electron chi connectivity index (χ0n) is 12.8. The van der Waals surface area contributed by atoms with Crippen molar-refractivity contribution in [1.82, 2.24) is 15.1 Å². The van der Waals surface area contributed by atoms with E-state index in [2.05, 4.69) is 10.4 Å². The van der Waals surface area contributed by atoms with Gasteiger partial charge in [0.25, 0.3) is 5.91 Å². The van der Waals surface area contributed by atoms with Crippen LogP contribution in [0.2, 0.25) is 0 Å². The zero-order valence-corrected chi connectivity index (χ0v) is 12.8. The Bertz CT molecular complexity index is 810. The van der Waals surface area contributed by atoms with Crippen LogP contribution in [0, 0.1) is 5.92 Å². The molecule has 2 aromatic rings. The van der Waals surface area contributed by atoms with Gasteiger partial charge in [-0.2, -0.15) is 18.3 Å². The van der Waals surface area contributed by atoms with Gasteiger partial charge < -0.3 is 10.4 Å². The van der Waals surface area contributed by atoms with Crippen LogP contribution in [0.15, 0.2) is 36.5 Å². The van der Waals surface area contributed by atoms with E-state index in [0.717, 1.165) is 10.7 Å². The van der Waals surface area contributed by atoms with Gasteiger partial charge in [0.15, 0.2) is 5.69 Å². The first kappa shape index (κ1) is 17.0. The van der Waals surface area contributed by atoms with E-state index in [4.69, 9.17) is 5.11 Å². The van der Waals surface area contributed by atoms with Crippen LogP contribution in [-0.2, 0) is 11.0 Å². The molecule has 1 fully saturated rings. The summed E-state index contributed by atoms with van der Waals surface area (Å²) in [7, 11) is 0. The molecule has 0 aliphatic heterocycles. The van der Waals surface area contributed by atoms with Crippen LogP contribution in [0.4, 0.5) is 13.2 Å². The molecule has 2 N–H and O–H groups in total. The number of nitrogens with zero attached hydrogens (tertiary/aromatic N) is 2. The standard InChI is InChI=1S/C16H14F3N3O3/c17-16(18,19)13-4-5-22(21-13)12-3-1-2-9(8-12)14(23)20-11-6-10(7-11)15(24)25/h1-5,8,10-11H,6-7H2,(H,20,23)(H,24,25). The molecule has 1 aliphatic rings. The van der Waals surface area contributed by atoms with Crippen molar-refractivity contribution in [1.29, 1.82) is 0 Å².